The predicted molar refractivity (Wildman–Crippen MR) is 63.7 cm³/mol. The first-order valence-electron chi connectivity index (χ1n) is 6.30. The van der Waals surface area contributed by atoms with E-state index in [1.165, 1.54) is 19.3 Å². The van der Waals surface area contributed by atoms with Crippen LogP contribution in [0.15, 0.2) is 0 Å². The summed E-state index contributed by atoms with van der Waals surface area (Å²) in [6, 6.07) is 0. The Kier molecular flexibility index (Phi) is 8.44. The van der Waals surface area contributed by atoms with Crippen LogP contribution in [-0.2, 0) is 9.53 Å². The minimum absolute atomic E-state index is 0.0102. The first-order valence-corrected chi connectivity index (χ1v) is 6.30. The second-order valence-electron chi connectivity index (χ2n) is 4.49. The largest absolute Gasteiger partial charge is 0.465 e. The van der Waals surface area contributed by atoms with Crippen molar-refractivity contribution in [2.24, 2.45) is 11.8 Å². The highest BCUT2D eigenvalue weighted by Gasteiger charge is 2.21. The quantitative estimate of drug-likeness (QED) is 0.454. The van der Waals surface area contributed by atoms with Crippen molar-refractivity contribution < 1.29 is 9.53 Å². The molecule has 2 heteroatoms. The van der Waals surface area contributed by atoms with Crippen LogP contribution >= 0.6 is 0 Å². The van der Waals surface area contributed by atoms with Crippen LogP contribution in [0.4, 0.5) is 0 Å². The lowest BCUT2D eigenvalue weighted by Crippen LogP contribution is -2.22. The summed E-state index contributed by atoms with van der Waals surface area (Å²) in [5.41, 5.74) is 0. The highest BCUT2D eigenvalue weighted by molar-refractivity contribution is 5.72. The van der Waals surface area contributed by atoms with Crippen molar-refractivity contribution in [3.63, 3.8) is 0 Å². The van der Waals surface area contributed by atoms with E-state index in [4.69, 9.17) is 4.74 Å². The van der Waals surface area contributed by atoms with Gasteiger partial charge in [0.1, 0.15) is 0 Å². The molecule has 15 heavy (non-hydrogen) atoms. The molecule has 0 spiro atoms. The molecule has 0 aromatic carbocycles. The Morgan fingerprint density at radius 3 is 2.27 bits per heavy atom. The van der Waals surface area contributed by atoms with Gasteiger partial charge in [-0.3, -0.25) is 4.79 Å². The molecule has 0 aliphatic heterocycles. The highest BCUT2D eigenvalue weighted by atomic mass is 16.5. The van der Waals surface area contributed by atoms with Crippen LogP contribution in [0.2, 0.25) is 0 Å². The topological polar surface area (TPSA) is 26.3 Å². The molecular weight excluding hydrogens is 188 g/mol. The molecule has 0 amide bonds. The van der Waals surface area contributed by atoms with E-state index in [2.05, 4.69) is 20.8 Å². The summed E-state index contributed by atoms with van der Waals surface area (Å²) < 4.78 is 5.26. The SMILES string of the molecule is CCCCCCOC(=O)C(CC)C(C)C. The molecule has 0 aliphatic rings. The maximum Gasteiger partial charge on any atom is 0.309 e. The number of esters is 1. The van der Waals surface area contributed by atoms with Crippen molar-refractivity contribution in [1.29, 1.82) is 0 Å². The Hall–Kier alpha value is -0.530. The first-order chi connectivity index (χ1) is 7.13. The van der Waals surface area contributed by atoms with Crippen molar-refractivity contribution in [2.75, 3.05) is 6.61 Å². The third kappa shape index (κ3) is 6.53. The van der Waals surface area contributed by atoms with Crippen molar-refractivity contribution in [1.82, 2.24) is 0 Å². The summed E-state index contributed by atoms with van der Waals surface area (Å²) in [6.45, 7) is 8.97. The van der Waals surface area contributed by atoms with Gasteiger partial charge < -0.3 is 4.74 Å². The van der Waals surface area contributed by atoms with Gasteiger partial charge in [0.05, 0.1) is 12.5 Å². The number of hydrogen-bond donors (Lipinski definition) is 0. The van der Waals surface area contributed by atoms with Crippen LogP contribution in [-0.4, -0.2) is 12.6 Å². The number of carbonyl (C=O) groups excluding carboxylic acids is 1. The minimum Gasteiger partial charge on any atom is -0.465 e. The molecule has 0 N–H and O–H groups in total. The van der Waals surface area contributed by atoms with E-state index in [-0.39, 0.29) is 11.9 Å². The van der Waals surface area contributed by atoms with Gasteiger partial charge in [0, 0.05) is 0 Å². The van der Waals surface area contributed by atoms with Gasteiger partial charge in [-0.1, -0.05) is 47.0 Å². The first kappa shape index (κ1) is 14.5. The van der Waals surface area contributed by atoms with Crippen LogP contribution in [0.3, 0.4) is 0 Å². The number of ether oxygens (including phenoxy) is 1. The number of carbonyl (C=O) groups is 1. The van der Waals surface area contributed by atoms with Crippen LogP contribution < -0.4 is 0 Å². The van der Waals surface area contributed by atoms with Gasteiger partial charge in [-0.15, -0.1) is 0 Å². The minimum atomic E-state index is -0.0102. The van der Waals surface area contributed by atoms with Crippen LogP contribution in [0.1, 0.15) is 59.8 Å². The van der Waals surface area contributed by atoms with Gasteiger partial charge in [-0.25, -0.2) is 0 Å². The standard InChI is InChI=1S/C13H26O2/c1-5-7-8-9-10-15-13(14)12(6-2)11(3)4/h11-12H,5-10H2,1-4H3. The van der Waals surface area contributed by atoms with Crippen molar-refractivity contribution in [2.45, 2.75) is 59.8 Å². The Bertz CT molecular complexity index is 164. The zero-order valence-corrected chi connectivity index (χ0v) is 10.7. The van der Waals surface area contributed by atoms with Crippen molar-refractivity contribution >= 4 is 5.97 Å². The smallest absolute Gasteiger partial charge is 0.309 e. The Morgan fingerprint density at radius 1 is 1.13 bits per heavy atom. The van der Waals surface area contributed by atoms with Crippen molar-refractivity contribution in [3.05, 3.63) is 0 Å². The van der Waals surface area contributed by atoms with Gasteiger partial charge in [0.15, 0.2) is 0 Å². The van der Waals surface area contributed by atoms with Gasteiger partial charge in [-0.2, -0.15) is 0 Å². The molecule has 0 radical (unpaired) electrons. The van der Waals surface area contributed by atoms with Crippen molar-refractivity contribution in [3.8, 4) is 0 Å². The molecule has 0 aliphatic carbocycles. The van der Waals surface area contributed by atoms with Gasteiger partial charge in [0.2, 0.25) is 0 Å². The summed E-state index contributed by atoms with van der Waals surface area (Å²) in [7, 11) is 0. The van der Waals surface area contributed by atoms with E-state index in [1.807, 2.05) is 6.92 Å². The molecular formula is C13H26O2. The summed E-state index contributed by atoms with van der Waals surface area (Å²) in [5.74, 6) is 0.457. The molecule has 90 valence electrons. The fourth-order valence-electron chi connectivity index (χ4n) is 1.72. The molecule has 0 saturated carbocycles. The molecule has 0 bridgehead atoms. The average Bonchev–Trinajstić information content (AvgIpc) is 2.18. The summed E-state index contributed by atoms with van der Waals surface area (Å²) in [5, 5.41) is 0. The highest BCUT2D eigenvalue weighted by Crippen LogP contribution is 2.16. The number of rotatable bonds is 8. The molecule has 0 saturated heterocycles. The number of unbranched alkanes of at least 4 members (excludes halogenated alkanes) is 3. The number of hydrogen-bond acceptors (Lipinski definition) is 2. The summed E-state index contributed by atoms with van der Waals surface area (Å²) in [4.78, 5) is 11.6. The summed E-state index contributed by atoms with van der Waals surface area (Å²) >= 11 is 0. The Balaban J connectivity index is 3.63. The monoisotopic (exact) mass is 214 g/mol. The van der Waals surface area contributed by atoms with Gasteiger partial charge in [-0.05, 0) is 18.8 Å². The van der Waals surface area contributed by atoms with Gasteiger partial charge >= 0.3 is 5.97 Å². The molecule has 0 heterocycles. The molecule has 1 unspecified atom stereocenters. The summed E-state index contributed by atoms with van der Waals surface area (Å²) in [6.07, 6.45) is 5.51. The van der Waals surface area contributed by atoms with Crippen LogP contribution in [0.25, 0.3) is 0 Å². The van der Waals surface area contributed by atoms with E-state index in [1.54, 1.807) is 0 Å². The third-order valence-electron chi connectivity index (χ3n) is 2.79. The van der Waals surface area contributed by atoms with E-state index < -0.39 is 0 Å². The maximum atomic E-state index is 11.6. The van der Waals surface area contributed by atoms with E-state index in [0.29, 0.717) is 12.5 Å². The normalized spacial score (nSPS) is 12.9. The average molecular weight is 214 g/mol. The molecule has 0 rings (SSSR count). The fraction of sp³-hybridized carbons (Fsp3) is 0.923. The Labute approximate surface area is 94.4 Å². The zero-order valence-electron chi connectivity index (χ0n) is 10.7. The lowest BCUT2D eigenvalue weighted by Gasteiger charge is -2.17. The lowest BCUT2D eigenvalue weighted by atomic mass is 9.93. The second kappa shape index (κ2) is 8.75. The Morgan fingerprint density at radius 2 is 1.80 bits per heavy atom. The second-order valence-corrected chi connectivity index (χ2v) is 4.49. The van der Waals surface area contributed by atoms with E-state index in [9.17, 15) is 4.79 Å². The predicted octanol–water partition coefficient (Wildman–Crippen LogP) is 3.79. The van der Waals surface area contributed by atoms with E-state index in [0.717, 1.165) is 12.8 Å². The molecule has 2 nitrogen and oxygen atoms in total. The fourth-order valence-corrected chi connectivity index (χ4v) is 1.72. The third-order valence-corrected chi connectivity index (χ3v) is 2.79. The van der Waals surface area contributed by atoms with Gasteiger partial charge in [0.25, 0.3) is 0 Å². The maximum absolute atomic E-state index is 11.6. The van der Waals surface area contributed by atoms with E-state index >= 15 is 0 Å². The zero-order chi connectivity index (χ0) is 11.7. The molecule has 0 aromatic rings. The van der Waals surface area contributed by atoms with Crippen LogP contribution in [0, 0.1) is 11.8 Å². The molecule has 0 aromatic heterocycles. The molecule has 1 atom stereocenters. The lowest BCUT2D eigenvalue weighted by molar-refractivity contribution is -0.150. The molecule has 0 fully saturated rings. The van der Waals surface area contributed by atoms with Crippen LogP contribution in [0.5, 0.6) is 0 Å².